The van der Waals surface area contributed by atoms with E-state index in [-0.39, 0.29) is 41.2 Å². The van der Waals surface area contributed by atoms with Crippen LogP contribution in [0.2, 0.25) is 0 Å². The standard InChI is InChI=1S/C35H34F4N6O4/c36-29-22-43(21-23-2-9-28(10-3-23)49-35(37,38)39)17-14-30(29)42-33(47)26-6-11-31(40-20-26)34(48)44-18-12-25(13-19-44)32(46)24-4-7-27(8-5-24)45-16-1-15-41-45/h1-11,15-16,20,25,29-30H,12-14,17-19,21-22H2,(H,42,47). The Labute approximate surface area is 279 Å². The molecule has 0 aliphatic carbocycles. The van der Waals surface area contributed by atoms with Crippen molar-refractivity contribution in [3.05, 3.63) is 108 Å². The molecule has 0 spiro atoms. The van der Waals surface area contributed by atoms with Crippen LogP contribution in [-0.2, 0) is 6.54 Å². The predicted octanol–water partition coefficient (Wildman–Crippen LogP) is 5.24. The number of amides is 2. The molecule has 0 radical (unpaired) electrons. The number of Topliss-reactive ketones (excluding diaryl/α,β-unsaturated/α-hetero) is 1. The molecule has 256 valence electrons. The van der Waals surface area contributed by atoms with E-state index in [0.717, 1.165) is 5.69 Å². The van der Waals surface area contributed by atoms with E-state index in [1.807, 2.05) is 29.3 Å². The van der Waals surface area contributed by atoms with Crippen LogP contribution in [0.1, 0.15) is 56.0 Å². The number of hydrogen-bond acceptors (Lipinski definition) is 7. The second-order valence-electron chi connectivity index (χ2n) is 12.2. The molecule has 2 aliphatic heterocycles. The molecule has 2 aromatic carbocycles. The number of ketones is 1. The minimum Gasteiger partial charge on any atom is -0.406 e. The van der Waals surface area contributed by atoms with Gasteiger partial charge >= 0.3 is 6.36 Å². The summed E-state index contributed by atoms with van der Waals surface area (Å²) in [4.78, 5) is 46.8. The van der Waals surface area contributed by atoms with E-state index < -0.39 is 24.5 Å². The molecule has 49 heavy (non-hydrogen) atoms. The first-order valence-corrected chi connectivity index (χ1v) is 15.9. The van der Waals surface area contributed by atoms with Crippen LogP contribution in [0, 0.1) is 5.92 Å². The number of ether oxygens (including phenoxy) is 1. The highest BCUT2D eigenvalue weighted by molar-refractivity contribution is 5.99. The van der Waals surface area contributed by atoms with Gasteiger partial charge in [0.2, 0.25) is 0 Å². The molecule has 2 atom stereocenters. The molecule has 2 aliphatic rings. The Balaban J connectivity index is 0.948. The maximum Gasteiger partial charge on any atom is 0.573 e. The van der Waals surface area contributed by atoms with Crippen LogP contribution in [0.3, 0.4) is 0 Å². The molecule has 2 aromatic heterocycles. The van der Waals surface area contributed by atoms with E-state index in [0.29, 0.717) is 56.6 Å². The SMILES string of the molecule is O=C(NC1CCN(Cc2ccc(OC(F)(F)F)cc2)CC1F)c1ccc(C(=O)N2CCC(C(=O)c3ccc(-n4cccn4)cc3)CC2)nc1. The van der Waals surface area contributed by atoms with Crippen LogP contribution < -0.4 is 10.1 Å². The normalized spacial score (nSPS) is 19.0. The zero-order valence-electron chi connectivity index (χ0n) is 26.4. The lowest BCUT2D eigenvalue weighted by Gasteiger charge is -2.35. The van der Waals surface area contributed by atoms with Crippen molar-refractivity contribution in [2.45, 2.75) is 44.4 Å². The number of nitrogens with one attached hydrogen (secondary N) is 1. The summed E-state index contributed by atoms with van der Waals surface area (Å²) in [6.45, 7) is 1.65. The lowest BCUT2D eigenvalue weighted by molar-refractivity contribution is -0.274. The Morgan fingerprint density at radius 2 is 1.61 bits per heavy atom. The van der Waals surface area contributed by atoms with Crippen LogP contribution in [0.5, 0.6) is 5.75 Å². The fourth-order valence-electron chi connectivity index (χ4n) is 6.18. The van der Waals surface area contributed by atoms with Gasteiger partial charge in [0.1, 0.15) is 17.6 Å². The number of pyridine rings is 1. The second kappa shape index (κ2) is 14.6. The quantitative estimate of drug-likeness (QED) is 0.191. The van der Waals surface area contributed by atoms with Gasteiger partial charge in [0.25, 0.3) is 11.8 Å². The van der Waals surface area contributed by atoms with Crippen LogP contribution in [0.4, 0.5) is 17.6 Å². The second-order valence-corrected chi connectivity index (χ2v) is 12.2. The zero-order chi connectivity index (χ0) is 34.5. The maximum atomic E-state index is 15.1. The highest BCUT2D eigenvalue weighted by Gasteiger charge is 2.33. The number of nitrogens with zero attached hydrogens (tertiary/aromatic N) is 5. The van der Waals surface area contributed by atoms with Crippen molar-refractivity contribution in [1.82, 2.24) is 29.9 Å². The van der Waals surface area contributed by atoms with Gasteiger partial charge in [0.15, 0.2) is 5.78 Å². The van der Waals surface area contributed by atoms with Crippen molar-refractivity contribution in [2.24, 2.45) is 5.92 Å². The van der Waals surface area contributed by atoms with Crippen molar-refractivity contribution >= 4 is 17.6 Å². The molecule has 0 bridgehead atoms. The van der Waals surface area contributed by atoms with Crippen molar-refractivity contribution in [3.8, 4) is 11.4 Å². The van der Waals surface area contributed by atoms with Gasteiger partial charge in [0.05, 0.1) is 17.3 Å². The van der Waals surface area contributed by atoms with Crippen molar-refractivity contribution in [1.29, 1.82) is 0 Å². The Morgan fingerprint density at radius 1 is 0.898 bits per heavy atom. The predicted molar refractivity (Wildman–Crippen MR) is 170 cm³/mol. The molecule has 6 rings (SSSR count). The molecule has 4 aromatic rings. The fraction of sp³-hybridized carbons (Fsp3) is 0.343. The monoisotopic (exact) mass is 678 g/mol. The summed E-state index contributed by atoms with van der Waals surface area (Å²) < 4.78 is 57.8. The number of piperidine rings is 2. The molecular weight excluding hydrogens is 644 g/mol. The Morgan fingerprint density at radius 3 is 2.22 bits per heavy atom. The van der Waals surface area contributed by atoms with Crippen LogP contribution in [0.25, 0.3) is 5.69 Å². The zero-order valence-corrected chi connectivity index (χ0v) is 26.4. The van der Waals surface area contributed by atoms with Gasteiger partial charge in [-0.2, -0.15) is 5.10 Å². The van der Waals surface area contributed by atoms with E-state index in [4.69, 9.17) is 0 Å². The molecule has 0 saturated carbocycles. The van der Waals surface area contributed by atoms with Gasteiger partial charge in [-0.15, -0.1) is 13.2 Å². The van der Waals surface area contributed by atoms with Crippen molar-refractivity contribution in [2.75, 3.05) is 26.2 Å². The number of hydrogen-bond donors (Lipinski definition) is 1. The van der Waals surface area contributed by atoms with E-state index in [1.54, 1.807) is 27.9 Å². The van der Waals surface area contributed by atoms with Gasteiger partial charge < -0.3 is 15.0 Å². The summed E-state index contributed by atoms with van der Waals surface area (Å²) in [6.07, 6.45) is 0.0501. The van der Waals surface area contributed by atoms with Crippen LogP contribution in [-0.4, -0.2) is 86.9 Å². The minimum absolute atomic E-state index is 0.0398. The van der Waals surface area contributed by atoms with Gasteiger partial charge in [-0.3, -0.25) is 24.3 Å². The molecule has 2 fully saturated rings. The van der Waals surface area contributed by atoms with E-state index in [2.05, 4.69) is 20.1 Å². The van der Waals surface area contributed by atoms with Gasteiger partial charge in [-0.05, 0) is 79.4 Å². The summed E-state index contributed by atoms with van der Waals surface area (Å²) in [7, 11) is 0. The van der Waals surface area contributed by atoms with E-state index in [9.17, 15) is 27.6 Å². The molecule has 4 heterocycles. The first-order valence-electron chi connectivity index (χ1n) is 15.9. The number of halogens is 4. The number of benzene rings is 2. The largest absolute Gasteiger partial charge is 0.573 e. The first kappa shape index (κ1) is 33.8. The number of carbonyl (C=O) groups is 3. The lowest BCUT2D eigenvalue weighted by Crippen LogP contribution is -2.52. The maximum absolute atomic E-state index is 15.1. The van der Waals surface area contributed by atoms with Gasteiger partial charge in [-0.25, -0.2) is 9.07 Å². The Kier molecular flexibility index (Phi) is 10.0. The Bertz CT molecular complexity index is 1740. The summed E-state index contributed by atoms with van der Waals surface area (Å²) in [6, 6.07) is 16.8. The van der Waals surface area contributed by atoms with Crippen molar-refractivity contribution in [3.63, 3.8) is 0 Å². The molecule has 2 saturated heterocycles. The van der Waals surface area contributed by atoms with Gasteiger partial charge in [-0.1, -0.05) is 12.1 Å². The fourth-order valence-corrected chi connectivity index (χ4v) is 6.18. The molecule has 10 nitrogen and oxygen atoms in total. The molecule has 1 N–H and O–H groups in total. The van der Waals surface area contributed by atoms with Crippen LogP contribution >= 0.6 is 0 Å². The number of aromatic nitrogens is 3. The van der Waals surface area contributed by atoms with E-state index >= 15 is 4.39 Å². The summed E-state index contributed by atoms with van der Waals surface area (Å²) in [5.74, 6) is -1.28. The minimum atomic E-state index is -4.77. The highest BCUT2D eigenvalue weighted by atomic mass is 19.4. The number of likely N-dealkylation sites (tertiary alicyclic amines) is 2. The molecule has 14 heteroatoms. The third-order valence-electron chi connectivity index (χ3n) is 8.82. The third kappa shape index (κ3) is 8.49. The molecule has 2 amide bonds. The topological polar surface area (TPSA) is 110 Å². The van der Waals surface area contributed by atoms with Crippen molar-refractivity contribution < 1.29 is 36.7 Å². The van der Waals surface area contributed by atoms with E-state index in [1.165, 1.54) is 42.6 Å². The van der Waals surface area contributed by atoms with Crippen LogP contribution in [0.15, 0.2) is 85.3 Å². The Hall–Kier alpha value is -5.11. The molecule has 2 unspecified atom stereocenters. The third-order valence-corrected chi connectivity index (χ3v) is 8.82. The molecular formula is C35H34F4N6O4. The number of carbonyl (C=O) groups excluding carboxylic acids is 3. The number of rotatable bonds is 9. The smallest absolute Gasteiger partial charge is 0.406 e. The van der Waals surface area contributed by atoms with Gasteiger partial charge in [0, 0.05) is 62.8 Å². The average molecular weight is 679 g/mol. The summed E-state index contributed by atoms with van der Waals surface area (Å²) in [5, 5.41) is 6.91. The first-order chi connectivity index (χ1) is 23.5. The number of alkyl halides is 4. The summed E-state index contributed by atoms with van der Waals surface area (Å²) >= 11 is 0. The lowest BCUT2D eigenvalue weighted by atomic mass is 9.88. The average Bonchev–Trinajstić information content (AvgIpc) is 3.65. The summed E-state index contributed by atoms with van der Waals surface area (Å²) in [5.41, 5.74) is 2.54. The highest BCUT2D eigenvalue weighted by Crippen LogP contribution is 2.25.